The highest BCUT2D eigenvalue weighted by Crippen LogP contribution is 2.39. The first-order valence-corrected chi connectivity index (χ1v) is 8.42. The molecular formula is C17H20N2O4S. The van der Waals surface area contributed by atoms with Crippen LogP contribution in [-0.4, -0.2) is 36.7 Å². The number of methoxy groups -OCH3 is 2. The van der Waals surface area contributed by atoms with Crippen molar-refractivity contribution in [3.05, 3.63) is 45.1 Å². The number of hydrogen-bond donors (Lipinski definition) is 2. The van der Waals surface area contributed by atoms with E-state index in [4.69, 9.17) is 15.2 Å². The van der Waals surface area contributed by atoms with Gasteiger partial charge in [0, 0.05) is 41.0 Å². The number of aliphatic hydroxyl groups excluding tert-OH is 1. The van der Waals surface area contributed by atoms with Gasteiger partial charge in [-0.2, -0.15) is 0 Å². The van der Waals surface area contributed by atoms with Crippen molar-refractivity contribution < 1.29 is 19.4 Å². The maximum atomic E-state index is 11.2. The minimum absolute atomic E-state index is 0.423. The van der Waals surface area contributed by atoms with Crippen LogP contribution in [0.3, 0.4) is 0 Å². The third-order valence-corrected chi connectivity index (χ3v) is 5.10. The lowest BCUT2D eigenvalue weighted by atomic mass is 9.95. The van der Waals surface area contributed by atoms with Gasteiger partial charge in [0.25, 0.3) is 0 Å². The summed E-state index contributed by atoms with van der Waals surface area (Å²) < 4.78 is 10.8. The number of benzene rings is 1. The van der Waals surface area contributed by atoms with Gasteiger partial charge in [-0.3, -0.25) is 9.69 Å². The molecule has 1 aromatic carbocycles. The summed E-state index contributed by atoms with van der Waals surface area (Å²) in [5.41, 5.74) is 7.54. The first-order chi connectivity index (χ1) is 11.5. The number of amides is 1. The Morgan fingerprint density at radius 2 is 2.08 bits per heavy atom. The fourth-order valence-corrected chi connectivity index (χ4v) is 3.99. The number of primary amides is 1. The van der Waals surface area contributed by atoms with Crippen molar-refractivity contribution in [1.82, 2.24) is 4.90 Å². The Kier molecular flexibility index (Phi) is 4.75. The van der Waals surface area contributed by atoms with E-state index in [1.54, 1.807) is 25.7 Å². The van der Waals surface area contributed by atoms with Crippen LogP contribution in [0, 0.1) is 0 Å². The van der Waals surface area contributed by atoms with Crippen LogP contribution in [0.2, 0.25) is 0 Å². The van der Waals surface area contributed by atoms with Gasteiger partial charge in [-0.25, -0.2) is 0 Å². The molecule has 1 aliphatic heterocycles. The second-order valence-electron chi connectivity index (χ2n) is 5.71. The molecule has 0 saturated heterocycles. The van der Waals surface area contributed by atoms with E-state index in [1.807, 2.05) is 12.1 Å². The van der Waals surface area contributed by atoms with E-state index in [0.29, 0.717) is 30.9 Å². The number of hydrogen-bond acceptors (Lipinski definition) is 6. The summed E-state index contributed by atoms with van der Waals surface area (Å²) in [6.07, 6.45) is -0.658. The third-order valence-electron chi connectivity index (χ3n) is 4.18. The standard InChI is InChI=1S/C17H20N2O4S/c1-22-14-3-4-15(23-2)16-12(14)7-19(8-13(16)20)6-11-5-10(9-24-11)17(18)21/h3-5,9,13,20H,6-8H2,1-2H3,(H2,18,21)/t13-/m1/s1. The van der Waals surface area contributed by atoms with Crippen molar-refractivity contribution >= 4 is 17.2 Å². The number of aliphatic hydroxyl groups is 1. The molecule has 2 aromatic rings. The second-order valence-corrected chi connectivity index (χ2v) is 6.71. The van der Waals surface area contributed by atoms with Crippen LogP contribution in [0.5, 0.6) is 11.5 Å². The summed E-state index contributed by atoms with van der Waals surface area (Å²) in [7, 11) is 3.21. The Balaban J connectivity index is 1.86. The topological polar surface area (TPSA) is 85.0 Å². The van der Waals surface area contributed by atoms with Crippen LogP contribution in [-0.2, 0) is 13.1 Å². The van der Waals surface area contributed by atoms with Crippen LogP contribution in [0.1, 0.15) is 32.5 Å². The van der Waals surface area contributed by atoms with Gasteiger partial charge in [-0.15, -0.1) is 11.3 Å². The molecule has 1 atom stereocenters. The molecule has 3 N–H and O–H groups in total. The molecule has 6 nitrogen and oxygen atoms in total. The number of rotatable bonds is 5. The van der Waals surface area contributed by atoms with Crippen LogP contribution in [0.15, 0.2) is 23.6 Å². The Morgan fingerprint density at radius 1 is 1.38 bits per heavy atom. The highest BCUT2D eigenvalue weighted by atomic mass is 32.1. The molecule has 1 amide bonds. The zero-order valence-corrected chi connectivity index (χ0v) is 14.4. The maximum absolute atomic E-state index is 11.2. The molecule has 0 bridgehead atoms. The van der Waals surface area contributed by atoms with Gasteiger partial charge in [0.2, 0.25) is 5.91 Å². The molecule has 7 heteroatoms. The lowest BCUT2D eigenvalue weighted by Gasteiger charge is -2.33. The van der Waals surface area contributed by atoms with Crippen molar-refractivity contribution in [2.24, 2.45) is 5.73 Å². The molecule has 24 heavy (non-hydrogen) atoms. The molecule has 0 aliphatic carbocycles. The molecule has 2 heterocycles. The normalized spacial score (nSPS) is 17.4. The Bertz CT molecular complexity index is 759. The van der Waals surface area contributed by atoms with Gasteiger partial charge >= 0.3 is 0 Å². The van der Waals surface area contributed by atoms with Crippen LogP contribution >= 0.6 is 11.3 Å². The second kappa shape index (κ2) is 6.80. The number of ether oxygens (including phenoxy) is 2. The third kappa shape index (κ3) is 3.10. The number of β-amino-alcohol motifs (C(OH)–C–C–N with tert-alkyl or cyclic N) is 1. The molecule has 1 aromatic heterocycles. The van der Waals surface area contributed by atoms with Gasteiger partial charge in [0.1, 0.15) is 11.5 Å². The highest BCUT2D eigenvalue weighted by Gasteiger charge is 2.29. The number of fused-ring (bicyclic) bond motifs is 1. The van der Waals surface area contributed by atoms with Crippen molar-refractivity contribution in [2.75, 3.05) is 20.8 Å². The van der Waals surface area contributed by atoms with Crippen LogP contribution in [0.4, 0.5) is 0 Å². The Morgan fingerprint density at radius 3 is 2.71 bits per heavy atom. The quantitative estimate of drug-likeness (QED) is 0.862. The van der Waals surface area contributed by atoms with Crippen LogP contribution in [0.25, 0.3) is 0 Å². The van der Waals surface area contributed by atoms with Gasteiger partial charge < -0.3 is 20.3 Å². The number of nitrogens with two attached hydrogens (primary N) is 1. The largest absolute Gasteiger partial charge is 0.496 e. The van der Waals surface area contributed by atoms with Gasteiger partial charge in [-0.05, 0) is 18.2 Å². The van der Waals surface area contributed by atoms with E-state index >= 15 is 0 Å². The van der Waals surface area contributed by atoms with E-state index in [1.165, 1.54) is 11.3 Å². The maximum Gasteiger partial charge on any atom is 0.249 e. The zero-order chi connectivity index (χ0) is 17.3. The number of carbonyl (C=O) groups is 1. The predicted octanol–water partition coefficient (Wildman–Crippen LogP) is 1.91. The molecule has 0 unspecified atom stereocenters. The van der Waals surface area contributed by atoms with Crippen molar-refractivity contribution in [1.29, 1.82) is 0 Å². The lowest BCUT2D eigenvalue weighted by Crippen LogP contribution is -2.33. The fraction of sp³-hybridized carbons (Fsp3) is 0.353. The molecular weight excluding hydrogens is 328 g/mol. The number of thiophene rings is 1. The number of nitrogens with zero attached hydrogens (tertiary/aromatic N) is 1. The highest BCUT2D eigenvalue weighted by molar-refractivity contribution is 7.10. The predicted molar refractivity (Wildman–Crippen MR) is 91.5 cm³/mol. The Labute approximate surface area is 144 Å². The molecule has 0 radical (unpaired) electrons. The van der Waals surface area contributed by atoms with E-state index in [2.05, 4.69) is 4.90 Å². The summed E-state index contributed by atoms with van der Waals surface area (Å²) in [4.78, 5) is 14.4. The van der Waals surface area contributed by atoms with E-state index in [-0.39, 0.29) is 0 Å². The minimum Gasteiger partial charge on any atom is -0.496 e. The monoisotopic (exact) mass is 348 g/mol. The summed E-state index contributed by atoms with van der Waals surface area (Å²) in [6.45, 7) is 1.76. The molecule has 0 fully saturated rings. The van der Waals surface area contributed by atoms with Crippen molar-refractivity contribution in [2.45, 2.75) is 19.2 Å². The zero-order valence-electron chi connectivity index (χ0n) is 13.6. The van der Waals surface area contributed by atoms with E-state index in [9.17, 15) is 9.90 Å². The average molecular weight is 348 g/mol. The summed E-state index contributed by atoms with van der Waals surface area (Å²) in [5, 5.41) is 12.3. The summed E-state index contributed by atoms with van der Waals surface area (Å²) in [5.74, 6) is 0.983. The first kappa shape index (κ1) is 16.8. The molecule has 0 saturated carbocycles. The van der Waals surface area contributed by atoms with E-state index < -0.39 is 12.0 Å². The summed E-state index contributed by atoms with van der Waals surface area (Å²) >= 11 is 1.49. The lowest BCUT2D eigenvalue weighted by molar-refractivity contribution is 0.0848. The molecule has 0 spiro atoms. The van der Waals surface area contributed by atoms with Crippen LogP contribution < -0.4 is 15.2 Å². The number of carbonyl (C=O) groups excluding carboxylic acids is 1. The average Bonchev–Trinajstić information content (AvgIpc) is 3.02. The molecule has 1 aliphatic rings. The smallest absolute Gasteiger partial charge is 0.249 e. The minimum atomic E-state index is -0.658. The first-order valence-electron chi connectivity index (χ1n) is 7.54. The molecule has 128 valence electrons. The Hall–Kier alpha value is -2.09. The van der Waals surface area contributed by atoms with E-state index in [0.717, 1.165) is 21.8 Å². The van der Waals surface area contributed by atoms with Crippen molar-refractivity contribution in [3.8, 4) is 11.5 Å². The SMILES string of the molecule is COc1ccc(OC)c2c1CN(Cc1cc(C(N)=O)cs1)C[C@H]2O. The van der Waals surface area contributed by atoms with Crippen molar-refractivity contribution in [3.63, 3.8) is 0 Å². The fourth-order valence-electron chi connectivity index (χ4n) is 3.08. The van der Waals surface area contributed by atoms with Gasteiger partial charge in [0.15, 0.2) is 0 Å². The molecule has 3 rings (SSSR count). The van der Waals surface area contributed by atoms with Gasteiger partial charge in [-0.1, -0.05) is 0 Å². The summed E-state index contributed by atoms with van der Waals surface area (Å²) in [6, 6.07) is 5.47. The van der Waals surface area contributed by atoms with Gasteiger partial charge in [0.05, 0.1) is 25.9 Å².